The second-order valence-electron chi connectivity index (χ2n) is 8.16. The highest BCUT2D eigenvalue weighted by atomic mass is 32.1. The molecule has 3 heterocycles. The molecule has 7 heteroatoms. The van der Waals surface area contributed by atoms with Crippen LogP contribution in [0, 0.1) is 5.82 Å². The van der Waals surface area contributed by atoms with Crippen LogP contribution < -0.4 is 5.32 Å². The van der Waals surface area contributed by atoms with Crippen LogP contribution in [0.2, 0.25) is 0 Å². The minimum absolute atomic E-state index is 0.117. The third-order valence-electron chi connectivity index (χ3n) is 6.24. The standard InChI is InChI=1S/C23H25FN4OS/c1-15(27-11-9-21-16(14-27)10-12-30-21)13-25-23(29)22-19-3-2-4-20(19)28(26-22)18-7-5-17(24)6-8-18/h5-8,10,12,15H,2-4,9,11,13-14H2,1H3,(H,25,29). The molecule has 1 aromatic carbocycles. The van der Waals surface area contributed by atoms with Crippen LogP contribution >= 0.6 is 11.3 Å². The lowest BCUT2D eigenvalue weighted by Gasteiger charge is -2.32. The summed E-state index contributed by atoms with van der Waals surface area (Å²) in [6.45, 7) is 4.74. The largest absolute Gasteiger partial charge is 0.349 e. The van der Waals surface area contributed by atoms with Crippen molar-refractivity contribution in [2.45, 2.75) is 45.2 Å². The van der Waals surface area contributed by atoms with E-state index in [0.29, 0.717) is 12.2 Å². The number of halogens is 1. The Hall–Kier alpha value is -2.51. The van der Waals surface area contributed by atoms with Gasteiger partial charge in [0.2, 0.25) is 0 Å². The van der Waals surface area contributed by atoms with Gasteiger partial charge < -0.3 is 5.32 Å². The summed E-state index contributed by atoms with van der Waals surface area (Å²) in [5, 5.41) is 9.88. The highest BCUT2D eigenvalue weighted by molar-refractivity contribution is 7.10. The molecule has 2 aromatic heterocycles. The molecule has 5 rings (SSSR count). The van der Waals surface area contributed by atoms with Crippen LogP contribution in [0.5, 0.6) is 0 Å². The maximum atomic E-state index is 13.3. The Morgan fingerprint density at radius 2 is 2.07 bits per heavy atom. The summed E-state index contributed by atoms with van der Waals surface area (Å²) >= 11 is 1.84. The van der Waals surface area contributed by atoms with E-state index in [1.54, 1.807) is 12.1 Å². The van der Waals surface area contributed by atoms with Crippen molar-refractivity contribution in [3.63, 3.8) is 0 Å². The van der Waals surface area contributed by atoms with Crippen molar-refractivity contribution < 1.29 is 9.18 Å². The van der Waals surface area contributed by atoms with Gasteiger partial charge in [-0.2, -0.15) is 5.10 Å². The number of carbonyl (C=O) groups excluding carboxylic acids is 1. The van der Waals surface area contributed by atoms with Crippen LogP contribution in [0.3, 0.4) is 0 Å². The molecule has 1 aliphatic carbocycles. The molecule has 0 saturated carbocycles. The fourth-order valence-corrected chi connectivity index (χ4v) is 5.41. The number of hydrogen-bond acceptors (Lipinski definition) is 4. The number of carbonyl (C=O) groups is 1. The first-order chi connectivity index (χ1) is 14.6. The Labute approximate surface area is 179 Å². The molecule has 156 valence electrons. The van der Waals surface area contributed by atoms with Crippen molar-refractivity contribution in [3.8, 4) is 5.69 Å². The van der Waals surface area contributed by atoms with Gasteiger partial charge in [0.05, 0.1) is 5.69 Å². The molecular weight excluding hydrogens is 399 g/mol. The van der Waals surface area contributed by atoms with Crippen LogP contribution in [0.1, 0.15) is 45.5 Å². The van der Waals surface area contributed by atoms with Gasteiger partial charge >= 0.3 is 0 Å². The zero-order valence-electron chi connectivity index (χ0n) is 17.0. The quantitative estimate of drug-likeness (QED) is 0.679. The highest BCUT2D eigenvalue weighted by Gasteiger charge is 2.28. The van der Waals surface area contributed by atoms with Gasteiger partial charge in [-0.15, -0.1) is 11.3 Å². The topological polar surface area (TPSA) is 50.2 Å². The van der Waals surface area contributed by atoms with E-state index >= 15 is 0 Å². The molecule has 0 spiro atoms. The van der Waals surface area contributed by atoms with E-state index < -0.39 is 0 Å². The van der Waals surface area contributed by atoms with Crippen LogP contribution in [-0.2, 0) is 25.8 Å². The summed E-state index contributed by atoms with van der Waals surface area (Å²) in [4.78, 5) is 16.9. The summed E-state index contributed by atoms with van der Waals surface area (Å²) in [6.07, 6.45) is 3.85. The fraction of sp³-hybridized carbons (Fsp3) is 0.391. The number of nitrogens with zero attached hydrogens (tertiary/aromatic N) is 3. The third kappa shape index (κ3) is 3.56. The second-order valence-corrected chi connectivity index (χ2v) is 9.16. The molecule has 2 aliphatic rings. The van der Waals surface area contributed by atoms with Gasteiger partial charge in [0.15, 0.2) is 5.69 Å². The van der Waals surface area contributed by atoms with Crippen molar-refractivity contribution in [2.75, 3.05) is 13.1 Å². The number of hydrogen-bond donors (Lipinski definition) is 1. The Morgan fingerprint density at radius 3 is 2.90 bits per heavy atom. The zero-order chi connectivity index (χ0) is 20.7. The number of fused-ring (bicyclic) bond motifs is 2. The normalized spacial score (nSPS) is 16.9. The number of amides is 1. The van der Waals surface area contributed by atoms with Gasteiger partial charge in [0, 0.05) is 41.8 Å². The summed E-state index contributed by atoms with van der Waals surface area (Å²) in [6, 6.07) is 8.74. The van der Waals surface area contributed by atoms with Gasteiger partial charge in [-0.05, 0) is 73.9 Å². The first-order valence-corrected chi connectivity index (χ1v) is 11.4. The molecule has 1 aliphatic heterocycles. The molecule has 0 saturated heterocycles. The molecule has 1 unspecified atom stereocenters. The van der Waals surface area contributed by atoms with Gasteiger partial charge in [0.1, 0.15) is 5.82 Å². The van der Waals surface area contributed by atoms with E-state index in [2.05, 4.69) is 33.7 Å². The third-order valence-corrected chi connectivity index (χ3v) is 7.26. The average Bonchev–Trinajstić information content (AvgIpc) is 3.48. The van der Waals surface area contributed by atoms with E-state index in [-0.39, 0.29) is 17.8 Å². The number of benzene rings is 1. The Bertz CT molecular complexity index is 1070. The highest BCUT2D eigenvalue weighted by Crippen LogP contribution is 2.28. The van der Waals surface area contributed by atoms with E-state index in [9.17, 15) is 9.18 Å². The van der Waals surface area contributed by atoms with E-state index in [4.69, 9.17) is 0 Å². The summed E-state index contributed by atoms with van der Waals surface area (Å²) in [5.41, 5.74) is 4.83. The molecule has 1 N–H and O–H groups in total. The number of nitrogens with one attached hydrogen (secondary N) is 1. The van der Waals surface area contributed by atoms with Crippen molar-refractivity contribution in [1.29, 1.82) is 0 Å². The zero-order valence-corrected chi connectivity index (χ0v) is 17.8. The Morgan fingerprint density at radius 1 is 1.23 bits per heavy atom. The van der Waals surface area contributed by atoms with Crippen molar-refractivity contribution in [1.82, 2.24) is 20.0 Å². The minimum atomic E-state index is -0.276. The maximum absolute atomic E-state index is 13.3. The van der Waals surface area contributed by atoms with Gasteiger partial charge in [-0.25, -0.2) is 9.07 Å². The number of aromatic nitrogens is 2. The average molecular weight is 425 g/mol. The Balaban J connectivity index is 1.29. The van der Waals surface area contributed by atoms with Crippen molar-refractivity contribution in [3.05, 3.63) is 68.9 Å². The monoisotopic (exact) mass is 424 g/mol. The molecular formula is C23H25FN4OS. The summed E-state index contributed by atoms with van der Waals surface area (Å²) in [5.74, 6) is -0.393. The fourth-order valence-electron chi connectivity index (χ4n) is 4.52. The lowest BCUT2D eigenvalue weighted by Crippen LogP contribution is -2.44. The van der Waals surface area contributed by atoms with E-state index in [1.807, 2.05) is 16.0 Å². The lowest BCUT2D eigenvalue weighted by atomic mass is 10.1. The van der Waals surface area contributed by atoms with Crippen LogP contribution in [-0.4, -0.2) is 39.7 Å². The van der Waals surface area contributed by atoms with E-state index in [0.717, 1.165) is 55.7 Å². The first-order valence-electron chi connectivity index (χ1n) is 10.5. The molecule has 0 fully saturated rings. The molecule has 5 nitrogen and oxygen atoms in total. The molecule has 1 amide bonds. The van der Waals surface area contributed by atoms with Crippen LogP contribution in [0.15, 0.2) is 35.7 Å². The molecule has 1 atom stereocenters. The van der Waals surface area contributed by atoms with Gasteiger partial charge in [-0.3, -0.25) is 9.69 Å². The maximum Gasteiger partial charge on any atom is 0.272 e. The van der Waals surface area contributed by atoms with Gasteiger partial charge in [-0.1, -0.05) is 0 Å². The lowest BCUT2D eigenvalue weighted by molar-refractivity contribution is 0.0926. The minimum Gasteiger partial charge on any atom is -0.349 e. The predicted molar refractivity (Wildman–Crippen MR) is 116 cm³/mol. The van der Waals surface area contributed by atoms with Gasteiger partial charge in [0.25, 0.3) is 5.91 Å². The summed E-state index contributed by atoms with van der Waals surface area (Å²) in [7, 11) is 0. The predicted octanol–water partition coefficient (Wildman–Crippen LogP) is 3.74. The number of thiophene rings is 1. The van der Waals surface area contributed by atoms with Crippen LogP contribution in [0.25, 0.3) is 5.69 Å². The second kappa shape index (κ2) is 7.96. The smallest absolute Gasteiger partial charge is 0.272 e. The van der Waals surface area contributed by atoms with Crippen molar-refractivity contribution in [2.24, 2.45) is 0 Å². The molecule has 30 heavy (non-hydrogen) atoms. The van der Waals surface area contributed by atoms with Crippen LogP contribution in [0.4, 0.5) is 4.39 Å². The molecule has 0 radical (unpaired) electrons. The SMILES string of the molecule is CC(CNC(=O)c1nn(-c2ccc(F)cc2)c2c1CCC2)N1CCc2sccc2C1. The summed E-state index contributed by atoms with van der Waals surface area (Å²) < 4.78 is 15.1. The Kier molecular flexibility index (Phi) is 5.16. The van der Waals surface area contributed by atoms with Crippen molar-refractivity contribution >= 4 is 17.2 Å². The first kappa shape index (κ1) is 19.5. The number of rotatable bonds is 5. The molecule has 3 aromatic rings. The van der Waals surface area contributed by atoms with E-state index in [1.165, 1.54) is 22.6 Å². The molecule has 0 bridgehead atoms.